The van der Waals surface area contributed by atoms with Crippen molar-refractivity contribution in [3.05, 3.63) is 76.5 Å². The molecule has 3 heterocycles. The lowest BCUT2D eigenvalue weighted by atomic mass is 10.1. The van der Waals surface area contributed by atoms with Crippen LogP contribution in [0.3, 0.4) is 0 Å². The van der Waals surface area contributed by atoms with Gasteiger partial charge in [-0.05, 0) is 22.6 Å². The maximum Gasteiger partial charge on any atom is 0.191 e. The van der Waals surface area contributed by atoms with Gasteiger partial charge in [-0.15, -0.1) is 11.3 Å². The molecule has 1 saturated heterocycles. The topological polar surface area (TPSA) is 66.7 Å². The van der Waals surface area contributed by atoms with Crippen LogP contribution in [0.5, 0.6) is 0 Å². The first kappa shape index (κ1) is 21.5. The molecular formula is C23H30N6OS. The molecule has 1 aromatic carbocycles. The molecule has 1 aliphatic rings. The Labute approximate surface area is 187 Å². The summed E-state index contributed by atoms with van der Waals surface area (Å²) < 4.78 is 7.62. The smallest absolute Gasteiger partial charge is 0.191 e. The lowest BCUT2D eigenvalue weighted by Gasteiger charge is -2.34. The molecule has 4 rings (SSSR count). The van der Waals surface area contributed by atoms with E-state index in [0.29, 0.717) is 6.04 Å². The SMILES string of the molecule is CN=C(NCc1cccc(Cn2ccnc2)c1)NCC(c1cccs1)N1CCOCC1. The maximum atomic E-state index is 5.54. The average Bonchev–Trinajstić information content (AvgIpc) is 3.52. The maximum absolute atomic E-state index is 5.54. The van der Waals surface area contributed by atoms with Crippen molar-refractivity contribution in [2.75, 3.05) is 39.9 Å². The van der Waals surface area contributed by atoms with E-state index in [4.69, 9.17) is 4.74 Å². The number of thiophene rings is 1. The van der Waals surface area contributed by atoms with Crippen LogP contribution in [0.15, 0.2) is 65.5 Å². The van der Waals surface area contributed by atoms with Crippen LogP contribution >= 0.6 is 11.3 Å². The Kier molecular flexibility index (Phi) is 7.71. The summed E-state index contributed by atoms with van der Waals surface area (Å²) >= 11 is 1.81. The highest BCUT2D eigenvalue weighted by Gasteiger charge is 2.23. The molecule has 0 aliphatic carbocycles. The number of hydrogen-bond acceptors (Lipinski definition) is 5. The summed E-state index contributed by atoms with van der Waals surface area (Å²) in [5.74, 6) is 0.815. The highest BCUT2D eigenvalue weighted by molar-refractivity contribution is 7.10. The number of benzene rings is 1. The van der Waals surface area contributed by atoms with Gasteiger partial charge in [-0.25, -0.2) is 4.98 Å². The van der Waals surface area contributed by atoms with Crippen LogP contribution in [-0.2, 0) is 17.8 Å². The van der Waals surface area contributed by atoms with Gasteiger partial charge in [0.2, 0.25) is 0 Å². The zero-order chi connectivity index (χ0) is 21.3. The van der Waals surface area contributed by atoms with Gasteiger partial charge in [0.05, 0.1) is 25.6 Å². The average molecular weight is 439 g/mol. The summed E-state index contributed by atoms with van der Waals surface area (Å²) in [4.78, 5) is 12.4. The zero-order valence-corrected chi connectivity index (χ0v) is 18.7. The van der Waals surface area contributed by atoms with E-state index in [0.717, 1.165) is 51.9 Å². The number of ether oxygens (including phenoxy) is 1. The normalized spacial score (nSPS) is 16.2. The second-order valence-electron chi connectivity index (χ2n) is 7.54. The second kappa shape index (κ2) is 11.1. The number of imidazole rings is 1. The number of hydrogen-bond donors (Lipinski definition) is 2. The molecule has 1 unspecified atom stereocenters. The van der Waals surface area contributed by atoms with Gasteiger partial charge in [0.25, 0.3) is 0 Å². The molecule has 2 aromatic heterocycles. The minimum Gasteiger partial charge on any atom is -0.379 e. The number of rotatable bonds is 8. The first-order valence-electron chi connectivity index (χ1n) is 10.6. The Hall–Kier alpha value is -2.68. The van der Waals surface area contributed by atoms with E-state index in [1.807, 2.05) is 30.9 Å². The number of guanidine groups is 1. The van der Waals surface area contributed by atoms with Gasteiger partial charge < -0.3 is 19.9 Å². The fourth-order valence-electron chi connectivity index (χ4n) is 3.81. The van der Waals surface area contributed by atoms with Crippen LogP contribution in [0.4, 0.5) is 0 Å². The lowest BCUT2D eigenvalue weighted by molar-refractivity contribution is 0.0177. The third kappa shape index (κ3) is 6.16. The first-order chi connectivity index (χ1) is 15.3. The Bertz CT molecular complexity index is 935. The summed E-state index contributed by atoms with van der Waals surface area (Å²) in [6.07, 6.45) is 5.63. The van der Waals surface area contributed by atoms with Crippen molar-refractivity contribution in [2.24, 2.45) is 4.99 Å². The van der Waals surface area contributed by atoms with E-state index in [1.165, 1.54) is 16.0 Å². The van der Waals surface area contributed by atoms with Crippen molar-refractivity contribution in [3.8, 4) is 0 Å². The van der Waals surface area contributed by atoms with Crippen LogP contribution < -0.4 is 10.6 Å². The van der Waals surface area contributed by atoms with Crippen molar-refractivity contribution in [1.82, 2.24) is 25.1 Å². The lowest BCUT2D eigenvalue weighted by Crippen LogP contribution is -2.46. The van der Waals surface area contributed by atoms with Crippen LogP contribution in [-0.4, -0.2) is 60.3 Å². The third-order valence-corrected chi connectivity index (χ3v) is 6.39. The molecule has 164 valence electrons. The molecular weight excluding hydrogens is 408 g/mol. The highest BCUT2D eigenvalue weighted by Crippen LogP contribution is 2.25. The van der Waals surface area contributed by atoms with Gasteiger partial charge in [-0.3, -0.25) is 9.89 Å². The molecule has 7 nitrogen and oxygen atoms in total. The Morgan fingerprint density at radius 3 is 2.81 bits per heavy atom. The highest BCUT2D eigenvalue weighted by atomic mass is 32.1. The molecule has 0 bridgehead atoms. The van der Waals surface area contributed by atoms with Crippen LogP contribution in [0.2, 0.25) is 0 Å². The minimum absolute atomic E-state index is 0.320. The monoisotopic (exact) mass is 438 g/mol. The molecule has 2 N–H and O–H groups in total. The van der Waals surface area contributed by atoms with E-state index in [1.54, 1.807) is 6.20 Å². The number of aromatic nitrogens is 2. The number of morpholine rings is 1. The van der Waals surface area contributed by atoms with Gasteiger partial charge in [0.15, 0.2) is 5.96 Å². The van der Waals surface area contributed by atoms with E-state index in [9.17, 15) is 0 Å². The van der Waals surface area contributed by atoms with E-state index in [2.05, 4.69) is 71.9 Å². The summed E-state index contributed by atoms with van der Waals surface area (Å²) in [5, 5.41) is 9.13. The molecule has 0 spiro atoms. The first-order valence-corrected chi connectivity index (χ1v) is 11.5. The zero-order valence-electron chi connectivity index (χ0n) is 17.9. The Morgan fingerprint density at radius 2 is 2.06 bits per heavy atom. The van der Waals surface area contributed by atoms with Gasteiger partial charge in [-0.1, -0.05) is 30.3 Å². The van der Waals surface area contributed by atoms with E-state index >= 15 is 0 Å². The molecule has 0 radical (unpaired) electrons. The summed E-state index contributed by atoms with van der Waals surface area (Å²) in [6.45, 7) is 5.86. The fourth-order valence-corrected chi connectivity index (χ4v) is 4.67. The Morgan fingerprint density at radius 1 is 1.19 bits per heavy atom. The Balaban J connectivity index is 1.33. The summed E-state index contributed by atoms with van der Waals surface area (Å²) in [7, 11) is 1.82. The molecule has 8 heteroatoms. The number of aliphatic imine (C=N–C) groups is 1. The largest absolute Gasteiger partial charge is 0.379 e. The molecule has 31 heavy (non-hydrogen) atoms. The fraction of sp³-hybridized carbons (Fsp3) is 0.391. The van der Waals surface area contributed by atoms with E-state index in [-0.39, 0.29) is 0 Å². The predicted molar refractivity (Wildman–Crippen MR) is 125 cm³/mol. The van der Waals surface area contributed by atoms with Crippen LogP contribution in [0.1, 0.15) is 22.0 Å². The molecule has 0 amide bonds. The molecule has 1 fully saturated rings. The molecule has 3 aromatic rings. The van der Waals surface area contributed by atoms with Crippen molar-refractivity contribution in [3.63, 3.8) is 0 Å². The summed E-state index contributed by atoms with van der Waals surface area (Å²) in [5.41, 5.74) is 2.48. The molecule has 1 atom stereocenters. The van der Waals surface area contributed by atoms with Gasteiger partial charge >= 0.3 is 0 Å². The van der Waals surface area contributed by atoms with Gasteiger partial charge in [0, 0.05) is 57.0 Å². The number of nitrogens with one attached hydrogen (secondary N) is 2. The van der Waals surface area contributed by atoms with Gasteiger partial charge in [0.1, 0.15) is 0 Å². The van der Waals surface area contributed by atoms with E-state index < -0.39 is 0 Å². The second-order valence-corrected chi connectivity index (χ2v) is 8.52. The quantitative estimate of drug-likeness (QED) is 0.418. The van der Waals surface area contributed by atoms with Crippen molar-refractivity contribution in [2.45, 2.75) is 19.1 Å². The minimum atomic E-state index is 0.320. The third-order valence-electron chi connectivity index (χ3n) is 5.42. The van der Waals surface area contributed by atoms with Crippen molar-refractivity contribution >= 4 is 17.3 Å². The van der Waals surface area contributed by atoms with Gasteiger partial charge in [-0.2, -0.15) is 0 Å². The molecule has 1 aliphatic heterocycles. The molecule has 0 saturated carbocycles. The van der Waals surface area contributed by atoms with Crippen molar-refractivity contribution in [1.29, 1.82) is 0 Å². The predicted octanol–water partition coefficient (Wildman–Crippen LogP) is 2.73. The summed E-state index contributed by atoms with van der Waals surface area (Å²) in [6, 6.07) is 13.3. The van der Waals surface area contributed by atoms with Crippen molar-refractivity contribution < 1.29 is 4.74 Å². The van der Waals surface area contributed by atoms with Crippen LogP contribution in [0, 0.1) is 0 Å². The van der Waals surface area contributed by atoms with Crippen LogP contribution in [0.25, 0.3) is 0 Å². The standard InChI is InChI=1S/C23H30N6OS/c1-24-23(26-15-19-4-2-5-20(14-19)17-28-8-7-25-18-28)27-16-21(22-6-3-13-31-22)29-9-11-30-12-10-29/h2-8,13-14,18,21H,9-12,15-17H2,1H3,(H2,24,26,27). The number of nitrogens with zero attached hydrogens (tertiary/aromatic N) is 4.